The van der Waals surface area contributed by atoms with Crippen LogP contribution in [0.2, 0.25) is 0 Å². The summed E-state index contributed by atoms with van der Waals surface area (Å²) in [4.78, 5) is 36.5. The summed E-state index contributed by atoms with van der Waals surface area (Å²) in [5.41, 5.74) is -1.32. The van der Waals surface area contributed by atoms with Crippen molar-refractivity contribution < 1.29 is 9.21 Å². The highest BCUT2D eigenvalue weighted by Crippen LogP contribution is 2.22. The molecule has 0 aliphatic rings. The Labute approximate surface area is 136 Å². The number of aryl methyl sites for hydroxylation is 2. The molecule has 0 aromatic carbocycles. The van der Waals surface area contributed by atoms with Crippen molar-refractivity contribution in [2.75, 3.05) is 5.75 Å². The van der Waals surface area contributed by atoms with Gasteiger partial charge in [0.1, 0.15) is 5.78 Å². The normalized spacial score (nSPS) is 11.6. The van der Waals surface area contributed by atoms with Crippen LogP contribution in [-0.4, -0.2) is 31.3 Å². The lowest BCUT2D eigenvalue weighted by atomic mass is 9.92. The molecule has 0 fully saturated rings. The molecule has 0 aliphatic heterocycles. The average molecular weight is 338 g/mol. The zero-order valence-corrected chi connectivity index (χ0v) is 14.0. The zero-order chi connectivity index (χ0) is 17.0. The summed E-state index contributed by atoms with van der Waals surface area (Å²) in [7, 11) is 0. The Morgan fingerprint density at radius 1 is 1.35 bits per heavy atom. The predicted molar refractivity (Wildman–Crippen MR) is 84.5 cm³/mol. The highest BCUT2D eigenvalue weighted by molar-refractivity contribution is 7.99. The highest BCUT2D eigenvalue weighted by atomic mass is 32.2. The van der Waals surface area contributed by atoms with Gasteiger partial charge < -0.3 is 8.98 Å². The third-order valence-corrected chi connectivity index (χ3v) is 3.89. The van der Waals surface area contributed by atoms with Gasteiger partial charge in [-0.15, -0.1) is 10.2 Å². The van der Waals surface area contributed by atoms with Gasteiger partial charge in [-0.25, -0.2) is 4.79 Å². The number of aromatic amines is 1. The third kappa shape index (κ3) is 4.92. The number of carbonyl (C=O) groups is 1. The molecule has 0 bridgehead atoms. The molecule has 0 unspecified atom stereocenters. The molecular weight excluding hydrogens is 320 g/mol. The van der Waals surface area contributed by atoms with Crippen molar-refractivity contribution in [1.82, 2.24) is 19.7 Å². The molecule has 1 N–H and O–H groups in total. The number of rotatable bonds is 6. The van der Waals surface area contributed by atoms with E-state index in [0.29, 0.717) is 24.1 Å². The molecule has 2 rings (SSSR count). The van der Waals surface area contributed by atoms with E-state index in [1.54, 1.807) is 0 Å². The fourth-order valence-corrected chi connectivity index (χ4v) is 2.52. The fourth-order valence-electron chi connectivity index (χ4n) is 1.58. The number of hydrogen-bond donors (Lipinski definition) is 1. The van der Waals surface area contributed by atoms with Gasteiger partial charge in [0, 0.05) is 30.6 Å². The van der Waals surface area contributed by atoms with Crippen LogP contribution < -0.4 is 11.2 Å². The highest BCUT2D eigenvalue weighted by Gasteiger charge is 2.22. The Balaban J connectivity index is 1.91. The minimum atomic E-state index is -0.484. The molecule has 0 amide bonds. The van der Waals surface area contributed by atoms with Gasteiger partial charge in [-0.3, -0.25) is 14.6 Å². The van der Waals surface area contributed by atoms with E-state index in [4.69, 9.17) is 4.42 Å². The smallest absolute Gasteiger partial charge is 0.328 e. The molecule has 0 radical (unpaired) electrons. The molecule has 0 spiro atoms. The van der Waals surface area contributed by atoms with Gasteiger partial charge in [0.05, 0.1) is 5.75 Å². The van der Waals surface area contributed by atoms with E-state index in [1.807, 2.05) is 20.8 Å². The molecule has 124 valence electrons. The van der Waals surface area contributed by atoms with Gasteiger partial charge >= 0.3 is 5.69 Å². The molecule has 23 heavy (non-hydrogen) atoms. The van der Waals surface area contributed by atoms with Crippen LogP contribution in [0.4, 0.5) is 0 Å². The Morgan fingerprint density at radius 2 is 2.09 bits per heavy atom. The van der Waals surface area contributed by atoms with Crippen LogP contribution in [0.1, 0.15) is 26.7 Å². The SMILES string of the molecule is CC(C)(C)C(=O)CSc1nnc(CCn2ccc(=O)[nH]c2=O)o1. The molecular formula is C14H18N4O4S. The van der Waals surface area contributed by atoms with E-state index in [-0.39, 0.29) is 11.5 Å². The number of ketones is 1. The lowest BCUT2D eigenvalue weighted by molar-refractivity contribution is -0.123. The zero-order valence-electron chi connectivity index (χ0n) is 13.2. The minimum Gasteiger partial charge on any atom is -0.416 e. The van der Waals surface area contributed by atoms with Crippen molar-refractivity contribution >= 4 is 17.5 Å². The molecule has 0 saturated heterocycles. The molecule has 0 saturated carbocycles. The summed E-state index contributed by atoms with van der Waals surface area (Å²) in [6, 6.07) is 1.27. The van der Waals surface area contributed by atoms with Crippen LogP contribution in [0, 0.1) is 5.41 Å². The Kier molecular flexibility index (Phi) is 5.19. The van der Waals surface area contributed by atoms with Crippen LogP contribution in [0.15, 0.2) is 31.5 Å². The number of thioether (sulfide) groups is 1. The molecule has 9 heteroatoms. The van der Waals surface area contributed by atoms with Crippen molar-refractivity contribution in [2.45, 2.75) is 39.0 Å². The summed E-state index contributed by atoms with van der Waals surface area (Å²) in [5.74, 6) is 0.737. The molecule has 0 aliphatic carbocycles. The van der Waals surface area contributed by atoms with Gasteiger partial charge in [-0.05, 0) is 0 Å². The first-order valence-electron chi connectivity index (χ1n) is 7.04. The van der Waals surface area contributed by atoms with Gasteiger partial charge in [-0.2, -0.15) is 0 Å². The van der Waals surface area contributed by atoms with Gasteiger partial charge in [-0.1, -0.05) is 32.5 Å². The van der Waals surface area contributed by atoms with Crippen LogP contribution in [0.5, 0.6) is 0 Å². The van der Waals surface area contributed by atoms with E-state index in [1.165, 1.54) is 28.6 Å². The summed E-state index contributed by atoms with van der Waals surface area (Å²) >= 11 is 1.20. The summed E-state index contributed by atoms with van der Waals surface area (Å²) < 4.78 is 6.78. The monoisotopic (exact) mass is 338 g/mol. The lowest BCUT2D eigenvalue weighted by Gasteiger charge is -2.14. The second-order valence-electron chi connectivity index (χ2n) is 5.98. The van der Waals surface area contributed by atoms with Gasteiger partial charge in [0.25, 0.3) is 10.8 Å². The van der Waals surface area contributed by atoms with Crippen molar-refractivity contribution in [2.24, 2.45) is 5.41 Å². The summed E-state index contributed by atoms with van der Waals surface area (Å²) in [6.07, 6.45) is 1.77. The molecule has 2 heterocycles. The number of hydrogen-bond acceptors (Lipinski definition) is 7. The predicted octanol–water partition coefficient (Wildman–Crippen LogP) is 0.870. The number of aromatic nitrogens is 4. The standard InChI is InChI=1S/C14H18N4O4S/c1-14(2,3)9(19)8-23-13-17-16-11(22-13)5-7-18-6-4-10(20)15-12(18)21/h4,6H,5,7-8H2,1-3H3,(H,15,20,21). The van der Waals surface area contributed by atoms with E-state index >= 15 is 0 Å². The minimum absolute atomic E-state index is 0.0991. The number of H-pyrrole nitrogens is 1. The first-order valence-corrected chi connectivity index (χ1v) is 8.02. The van der Waals surface area contributed by atoms with Crippen LogP contribution in [-0.2, 0) is 17.8 Å². The van der Waals surface area contributed by atoms with E-state index < -0.39 is 16.7 Å². The Morgan fingerprint density at radius 3 is 2.74 bits per heavy atom. The van der Waals surface area contributed by atoms with E-state index in [9.17, 15) is 14.4 Å². The third-order valence-electron chi connectivity index (χ3n) is 3.07. The van der Waals surface area contributed by atoms with Gasteiger partial charge in [0.15, 0.2) is 0 Å². The van der Waals surface area contributed by atoms with Crippen molar-refractivity contribution in [3.8, 4) is 0 Å². The maximum Gasteiger partial charge on any atom is 0.328 e. The van der Waals surface area contributed by atoms with Crippen molar-refractivity contribution in [3.63, 3.8) is 0 Å². The summed E-state index contributed by atoms with van der Waals surface area (Å²) in [5, 5.41) is 8.08. The van der Waals surface area contributed by atoms with E-state index in [0.717, 1.165) is 0 Å². The average Bonchev–Trinajstić information content (AvgIpc) is 2.90. The first kappa shape index (κ1) is 17.2. The van der Waals surface area contributed by atoms with Gasteiger partial charge in [0.2, 0.25) is 5.89 Å². The number of Topliss-reactive ketones (excluding diaryl/α,β-unsaturated/α-hetero) is 1. The second-order valence-corrected chi connectivity index (χ2v) is 6.90. The topological polar surface area (TPSA) is 111 Å². The second kappa shape index (κ2) is 6.95. The fraction of sp³-hybridized carbons (Fsp3) is 0.500. The van der Waals surface area contributed by atoms with Crippen LogP contribution in [0.25, 0.3) is 0 Å². The maximum absolute atomic E-state index is 11.8. The quantitative estimate of drug-likeness (QED) is 0.778. The van der Waals surface area contributed by atoms with Crippen molar-refractivity contribution in [3.05, 3.63) is 39.0 Å². The first-order chi connectivity index (χ1) is 10.8. The lowest BCUT2D eigenvalue weighted by Crippen LogP contribution is -2.29. The Hall–Kier alpha value is -2.16. The van der Waals surface area contributed by atoms with Crippen LogP contribution in [0.3, 0.4) is 0 Å². The number of nitrogens with one attached hydrogen (secondary N) is 1. The maximum atomic E-state index is 11.8. The van der Waals surface area contributed by atoms with Crippen molar-refractivity contribution in [1.29, 1.82) is 0 Å². The molecule has 8 nitrogen and oxygen atoms in total. The largest absolute Gasteiger partial charge is 0.416 e. The number of carbonyl (C=O) groups excluding carboxylic acids is 1. The molecule has 2 aromatic heterocycles. The number of nitrogens with zero attached hydrogens (tertiary/aromatic N) is 3. The Bertz CT molecular complexity index is 800. The molecule has 2 aromatic rings. The van der Waals surface area contributed by atoms with E-state index in [2.05, 4.69) is 15.2 Å². The van der Waals surface area contributed by atoms with Crippen LogP contribution >= 0.6 is 11.8 Å². The molecule has 0 atom stereocenters. The summed E-state index contributed by atoms with van der Waals surface area (Å²) in [6.45, 7) is 5.88.